The first kappa shape index (κ1) is 16.1. The number of hydrogen-bond donors (Lipinski definition) is 0. The lowest BCUT2D eigenvalue weighted by Crippen LogP contribution is -2.31. The Morgan fingerprint density at radius 2 is 1.78 bits per heavy atom. The third-order valence-electron chi connectivity index (χ3n) is 3.60. The van der Waals surface area contributed by atoms with Gasteiger partial charge in [-0.3, -0.25) is 4.79 Å². The number of fused-ring (bicyclic) bond motifs is 1. The van der Waals surface area contributed by atoms with Crippen LogP contribution < -0.4 is 0 Å². The zero-order chi connectivity index (χ0) is 16.2. The fraction of sp³-hybridized carbons (Fsp3) is 0.333. The van der Waals surface area contributed by atoms with Crippen LogP contribution in [0.2, 0.25) is 0 Å². The van der Waals surface area contributed by atoms with Gasteiger partial charge in [-0.1, -0.05) is 26.0 Å². The molecule has 0 aliphatic carbocycles. The van der Waals surface area contributed by atoms with E-state index in [0.717, 1.165) is 46.2 Å². The molecule has 5 heteroatoms. The van der Waals surface area contributed by atoms with Crippen molar-refractivity contribution in [1.29, 1.82) is 0 Å². The van der Waals surface area contributed by atoms with Crippen molar-refractivity contribution in [1.82, 2.24) is 9.88 Å². The minimum atomic E-state index is 0.145. The van der Waals surface area contributed by atoms with Crippen LogP contribution in [0.1, 0.15) is 36.4 Å². The number of hydrogen-bond acceptors (Lipinski definition) is 4. The van der Waals surface area contributed by atoms with Gasteiger partial charge in [0.1, 0.15) is 5.01 Å². The number of thiazole rings is 1. The van der Waals surface area contributed by atoms with Crippen LogP contribution >= 0.6 is 22.7 Å². The normalized spacial score (nSPS) is 11.0. The smallest absolute Gasteiger partial charge is 0.263 e. The third-order valence-corrected chi connectivity index (χ3v) is 5.87. The highest BCUT2D eigenvalue weighted by atomic mass is 32.1. The van der Waals surface area contributed by atoms with Crippen LogP contribution in [0, 0.1) is 0 Å². The number of carbonyl (C=O) groups excluding carboxylic acids is 1. The molecule has 0 radical (unpaired) electrons. The second kappa shape index (κ2) is 7.23. The molecule has 1 aromatic carbocycles. The summed E-state index contributed by atoms with van der Waals surface area (Å²) in [5.74, 6) is 0.145. The summed E-state index contributed by atoms with van der Waals surface area (Å²) in [6, 6.07) is 12.1. The Bertz CT molecular complexity index is 767. The molecule has 3 aromatic rings. The van der Waals surface area contributed by atoms with E-state index >= 15 is 0 Å². The van der Waals surface area contributed by atoms with Crippen LogP contribution in [0.25, 0.3) is 20.1 Å². The summed E-state index contributed by atoms with van der Waals surface area (Å²) in [5, 5.41) is 0.993. The van der Waals surface area contributed by atoms with E-state index in [1.807, 2.05) is 35.2 Å². The number of nitrogens with zero attached hydrogens (tertiary/aromatic N) is 2. The van der Waals surface area contributed by atoms with Crippen molar-refractivity contribution in [3.05, 3.63) is 41.3 Å². The fourth-order valence-corrected chi connectivity index (χ4v) is 4.55. The zero-order valence-corrected chi connectivity index (χ0v) is 15.0. The number of thiophene rings is 1. The molecule has 0 spiro atoms. The summed E-state index contributed by atoms with van der Waals surface area (Å²) < 4.78 is 1.18. The highest BCUT2D eigenvalue weighted by Gasteiger charge is 2.18. The SMILES string of the molecule is CCCN(CCC)C(=O)c1ccc(-c2nc3ccccc3s2)s1. The summed E-state index contributed by atoms with van der Waals surface area (Å²) in [7, 11) is 0. The van der Waals surface area contributed by atoms with Crippen molar-refractivity contribution in [3.63, 3.8) is 0 Å². The minimum absolute atomic E-state index is 0.145. The minimum Gasteiger partial charge on any atom is -0.338 e. The molecule has 0 bridgehead atoms. The van der Waals surface area contributed by atoms with Gasteiger partial charge in [-0.15, -0.1) is 22.7 Å². The standard InChI is InChI=1S/C18H20N2OS2/c1-3-11-20(12-4-2)18(21)16-10-9-15(22-16)17-19-13-7-5-6-8-14(13)23-17/h5-10H,3-4,11-12H2,1-2H3. The molecule has 0 aliphatic heterocycles. The highest BCUT2D eigenvalue weighted by Crippen LogP contribution is 2.34. The maximum atomic E-state index is 12.7. The summed E-state index contributed by atoms with van der Waals surface area (Å²) in [6.45, 7) is 5.86. The van der Waals surface area contributed by atoms with E-state index in [2.05, 4.69) is 24.9 Å². The molecule has 2 aromatic heterocycles. The molecule has 1 amide bonds. The van der Waals surface area contributed by atoms with E-state index in [9.17, 15) is 4.79 Å². The number of carbonyl (C=O) groups is 1. The van der Waals surface area contributed by atoms with Gasteiger partial charge in [0.15, 0.2) is 0 Å². The van der Waals surface area contributed by atoms with Gasteiger partial charge in [0.2, 0.25) is 0 Å². The third kappa shape index (κ3) is 3.46. The van der Waals surface area contributed by atoms with E-state index < -0.39 is 0 Å². The van der Waals surface area contributed by atoms with E-state index in [1.54, 1.807) is 22.7 Å². The first-order valence-electron chi connectivity index (χ1n) is 7.98. The molecule has 0 fully saturated rings. The Labute approximate surface area is 144 Å². The maximum Gasteiger partial charge on any atom is 0.263 e. The lowest BCUT2D eigenvalue weighted by Gasteiger charge is -2.20. The first-order chi connectivity index (χ1) is 11.2. The number of amides is 1. The Balaban J connectivity index is 1.85. The predicted molar refractivity (Wildman–Crippen MR) is 99.4 cm³/mol. The van der Waals surface area contributed by atoms with Crippen molar-refractivity contribution >= 4 is 38.8 Å². The van der Waals surface area contributed by atoms with Crippen LogP contribution in [0.5, 0.6) is 0 Å². The van der Waals surface area contributed by atoms with Crippen molar-refractivity contribution in [2.24, 2.45) is 0 Å². The van der Waals surface area contributed by atoms with Gasteiger partial charge in [0.05, 0.1) is 20.0 Å². The second-order valence-corrected chi connectivity index (χ2v) is 7.56. The molecule has 0 atom stereocenters. The summed E-state index contributed by atoms with van der Waals surface area (Å²) >= 11 is 3.22. The predicted octanol–water partition coefficient (Wildman–Crippen LogP) is 5.29. The van der Waals surface area contributed by atoms with Crippen LogP contribution in [0.4, 0.5) is 0 Å². The summed E-state index contributed by atoms with van der Waals surface area (Å²) in [6.07, 6.45) is 1.98. The van der Waals surface area contributed by atoms with Gasteiger partial charge >= 0.3 is 0 Å². The van der Waals surface area contributed by atoms with Gasteiger partial charge < -0.3 is 4.90 Å². The van der Waals surface area contributed by atoms with Gasteiger partial charge in [-0.2, -0.15) is 0 Å². The molecule has 0 unspecified atom stereocenters. The van der Waals surface area contributed by atoms with E-state index in [0.29, 0.717) is 0 Å². The molecule has 3 nitrogen and oxygen atoms in total. The molecule has 23 heavy (non-hydrogen) atoms. The van der Waals surface area contributed by atoms with Gasteiger partial charge in [-0.25, -0.2) is 4.98 Å². The molecular weight excluding hydrogens is 324 g/mol. The van der Waals surface area contributed by atoms with Crippen LogP contribution in [-0.4, -0.2) is 28.9 Å². The molecule has 0 N–H and O–H groups in total. The van der Waals surface area contributed by atoms with Crippen LogP contribution in [0.3, 0.4) is 0 Å². The second-order valence-electron chi connectivity index (χ2n) is 5.44. The Hall–Kier alpha value is -1.72. The lowest BCUT2D eigenvalue weighted by molar-refractivity contribution is 0.0760. The molecular formula is C18H20N2OS2. The number of rotatable bonds is 6. The van der Waals surface area contributed by atoms with E-state index in [-0.39, 0.29) is 5.91 Å². The van der Waals surface area contributed by atoms with Crippen LogP contribution in [-0.2, 0) is 0 Å². The Kier molecular flexibility index (Phi) is 5.08. The average Bonchev–Trinajstić information content (AvgIpc) is 3.20. The zero-order valence-electron chi connectivity index (χ0n) is 13.4. The van der Waals surface area contributed by atoms with Crippen molar-refractivity contribution in [2.45, 2.75) is 26.7 Å². The molecule has 0 saturated carbocycles. The summed E-state index contributed by atoms with van der Waals surface area (Å²) in [5.41, 5.74) is 1.02. The van der Waals surface area contributed by atoms with Crippen LogP contribution in [0.15, 0.2) is 36.4 Å². The van der Waals surface area contributed by atoms with Crippen molar-refractivity contribution in [2.75, 3.05) is 13.1 Å². The monoisotopic (exact) mass is 344 g/mol. The quantitative estimate of drug-likeness (QED) is 0.609. The highest BCUT2D eigenvalue weighted by molar-refractivity contribution is 7.26. The number of aromatic nitrogens is 1. The number of para-hydroxylation sites is 1. The fourth-order valence-electron chi connectivity index (χ4n) is 2.56. The van der Waals surface area contributed by atoms with E-state index in [1.165, 1.54) is 4.70 Å². The van der Waals surface area contributed by atoms with Gasteiger partial charge in [0, 0.05) is 13.1 Å². The molecule has 120 valence electrons. The maximum absolute atomic E-state index is 12.7. The molecule has 0 aliphatic rings. The number of benzene rings is 1. The summed E-state index contributed by atoms with van der Waals surface area (Å²) in [4.78, 5) is 21.2. The first-order valence-corrected chi connectivity index (χ1v) is 9.61. The Morgan fingerprint density at radius 3 is 2.48 bits per heavy atom. The topological polar surface area (TPSA) is 33.2 Å². The Morgan fingerprint density at radius 1 is 1.04 bits per heavy atom. The molecule has 3 rings (SSSR count). The van der Waals surface area contributed by atoms with Gasteiger partial charge in [-0.05, 0) is 37.1 Å². The average molecular weight is 345 g/mol. The van der Waals surface area contributed by atoms with Crippen molar-refractivity contribution < 1.29 is 4.79 Å². The van der Waals surface area contributed by atoms with E-state index in [4.69, 9.17) is 0 Å². The van der Waals surface area contributed by atoms with Gasteiger partial charge in [0.25, 0.3) is 5.91 Å². The van der Waals surface area contributed by atoms with Crippen molar-refractivity contribution in [3.8, 4) is 9.88 Å². The molecule has 2 heterocycles. The lowest BCUT2D eigenvalue weighted by atomic mass is 10.3. The molecule has 0 saturated heterocycles. The largest absolute Gasteiger partial charge is 0.338 e.